The zero-order valence-electron chi connectivity index (χ0n) is 15.4. The summed E-state index contributed by atoms with van der Waals surface area (Å²) in [7, 11) is 0. The van der Waals surface area contributed by atoms with Gasteiger partial charge in [0.15, 0.2) is 0 Å². The van der Waals surface area contributed by atoms with Crippen LogP contribution in [0.3, 0.4) is 0 Å². The number of aryl methyl sites for hydroxylation is 1. The minimum Gasteiger partial charge on any atom is -0.205 e. The molecule has 2 aromatic rings. The molecule has 1 aliphatic carbocycles. The van der Waals surface area contributed by atoms with E-state index in [2.05, 4.69) is 43.0 Å². The first kappa shape index (κ1) is 19.0. The summed E-state index contributed by atoms with van der Waals surface area (Å²) in [5, 5.41) is 0.128. The third-order valence-corrected chi connectivity index (χ3v) is 5.92. The molecule has 26 heavy (non-hydrogen) atoms. The van der Waals surface area contributed by atoms with Gasteiger partial charge in [-0.1, -0.05) is 74.6 Å². The van der Waals surface area contributed by atoms with Gasteiger partial charge in [0.05, 0.1) is 5.02 Å². The maximum absolute atomic E-state index is 13.4. The zero-order chi connectivity index (χ0) is 18.4. The van der Waals surface area contributed by atoms with Crippen LogP contribution in [0.25, 0.3) is 0 Å². The highest BCUT2D eigenvalue weighted by molar-refractivity contribution is 6.30. The van der Waals surface area contributed by atoms with Crippen molar-refractivity contribution < 1.29 is 4.39 Å². The molecule has 1 fully saturated rings. The van der Waals surface area contributed by atoms with Crippen molar-refractivity contribution in [1.29, 1.82) is 0 Å². The average molecular weight is 369 g/mol. The Bertz CT molecular complexity index is 774. The molecule has 0 unspecified atom stereocenters. The maximum atomic E-state index is 13.4. The molecule has 0 aromatic heterocycles. The third-order valence-electron chi connectivity index (χ3n) is 5.61. The predicted octanol–water partition coefficient (Wildman–Crippen LogP) is 7.03. The Balaban J connectivity index is 1.52. The largest absolute Gasteiger partial charge is 0.205 e. The highest BCUT2D eigenvalue weighted by Crippen LogP contribution is 2.33. The Morgan fingerprint density at radius 2 is 1.54 bits per heavy atom. The van der Waals surface area contributed by atoms with Crippen molar-refractivity contribution in [3.8, 4) is 11.8 Å². The maximum Gasteiger partial charge on any atom is 0.143 e. The van der Waals surface area contributed by atoms with Crippen LogP contribution in [0, 0.1) is 29.5 Å². The van der Waals surface area contributed by atoms with Gasteiger partial charge in [0, 0.05) is 11.1 Å². The summed E-state index contributed by atoms with van der Waals surface area (Å²) in [6.45, 7) is 2.32. The quantitative estimate of drug-likeness (QED) is 0.508. The Kier molecular flexibility index (Phi) is 6.75. The van der Waals surface area contributed by atoms with Gasteiger partial charge < -0.3 is 0 Å². The van der Waals surface area contributed by atoms with Crippen molar-refractivity contribution in [3.63, 3.8) is 0 Å². The van der Waals surface area contributed by atoms with Gasteiger partial charge in [0.2, 0.25) is 0 Å². The number of rotatable bonds is 4. The summed E-state index contributed by atoms with van der Waals surface area (Å²) in [5.41, 5.74) is 2.97. The lowest BCUT2D eigenvalue weighted by molar-refractivity contribution is 0.259. The molecule has 1 saturated carbocycles. The first-order valence-corrected chi connectivity index (χ1v) is 10.1. The minimum absolute atomic E-state index is 0.128. The fourth-order valence-electron chi connectivity index (χ4n) is 3.77. The molecule has 0 heterocycles. The fraction of sp³-hybridized carbons (Fsp3) is 0.417. The van der Waals surface area contributed by atoms with Gasteiger partial charge in [-0.3, -0.25) is 0 Å². The van der Waals surface area contributed by atoms with Crippen LogP contribution < -0.4 is 0 Å². The van der Waals surface area contributed by atoms with Crippen LogP contribution in [0.15, 0.2) is 42.5 Å². The molecular weight excluding hydrogens is 343 g/mol. The van der Waals surface area contributed by atoms with Gasteiger partial charge in [0.25, 0.3) is 0 Å². The molecule has 0 amide bonds. The van der Waals surface area contributed by atoms with Crippen molar-refractivity contribution in [3.05, 3.63) is 70.0 Å². The van der Waals surface area contributed by atoms with Crippen molar-refractivity contribution in [2.45, 2.75) is 51.9 Å². The van der Waals surface area contributed by atoms with E-state index < -0.39 is 5.82 Å². The number of halogens is 2. The third kappa shape index (κ3) is 5.36. The van der Waals surface area contributed by atoms with Crippen LogP contribution >= 0.6 is 11.6 Å². The number of hydrogen-bond acceptors (Lipinski definition) is 0. The predicted molar refractivity (Wildman–Crippen MR) is 108 cm³/mol. The van der Waals surface area contributed by atoms with E-state index in [0.29, 0.717) is 5.56 Å². The Hall–Kier alpha value is -1.78. The van der Waals surface area contributed by atoms with Crippen molar-refractivity contribution in [2.75, 3.05) is 0 Å². The van der Waals surface area contributed by atoms with Crippen molar-refractivity contribution >= 4 is 11.6 Å². The molecule has 0 radical (unpaired) electrons. The molecule has 0 atom stereocenters. The highest BCUT2D eigenvalue weighted by Gasteiger charge is 2.19. The Labute approximate surface area is 161 Å². The second kappa shape index (κ2) is 9.24. The molecule has 0 N–H and O–H groups in total. The highest BCUT2D eigenvalue weighted by atomic mass is 35.5. The molecule has 3 rings (SSSR count). The van der Waals surface area contributed by atoms with Gasteiger partial charge in [-0.25, -0.2) is 4.39 Å². The van der Waals surface area contributed by atoms with E-state index >= 15 is 0 Å². The summed E-state index contributed by atoms with van der Waals surface area (Å²) in [6.07, 6.45) is 9.43. The second-order valence-electron chi connectivity index (χ2n) is 7.41. The van der Waals surface area contributed by atoms with E-state index in [1.165, 1.54) is 56.2 Å². The number of benzene rings is 2. The topological polar surface area (TPSA) is 0 Å². The molecule has 0 nitrogen and oxygen atoms in total. The second-order valence-corrected chi connectivity index (χ2v) is 7.82. The van der Waals surface area contributed by atoms with Crippen LogP contribution in [-0.2, 0) is 6.42 Å². The minimum atomic E-state index is -0.429. The smallest absolute Gasteiger partial charge is 0.143 e. The average Bonchev–Trinajstić information content (AvgIpc) is 2.68. The molecule has 2 heteroatoms. The molecule has 1 aliphatic rings. The van der Waals surface area contributed by atoms with Gasteiger partial charge >= 0.3 is 0 Å². The van der Waals surface area contributed by atoms with Crippen molar-refractivity contribution in [2.24, 2.45) is 11.8 Å². The summed E-state index contributed by atoms with van der Waals surface area (Å²) in [6, 6.07) is 13.1. The monoisotopic (exact) mass is 368 g/mol. The molecule has 0 aliphatic heterocycles. The molecule has 0 spiro atoms. The first-order valence-electron chi connectivity index (χ1n) is 9.70. The lowest BCUT2D eigenvalue weighted by atomic mass is 9.78. The van der Waals surface area contributed by atoms with Gasteiger partial charge in [-0.15, -0.1) is 0 Å². The first-order chi connectivity index (χ1) is 12.6. The lowest BCUT2D eigenvalue weighted by Gasteiger charge is -2.27. The summed E-state index contributed by atoms with van der Waals surface area (Å²) >= 11 is 5.69. The Morgan fingerprint density at radius 1 is 0.923 bits per heavy atom. The van der Waals surface area contributed by atoms with E-state index in [1.54, 1.807) is 6.07 Å². The van der Waals surface area contributed by atoms with E-state index in [4.69, 9.17) is 11.6 Å². The van der Waals surface area contributed by atoms with Crippen LogP contribution in [0.4, 0.5) is 4.39 Å². The van der Waals surface area contributed by atoms with Crippen LogP contribution in [0.2, 0.25) is 5.02 Å². The van der Waals surface area contributed by atoms with E-state index in [0.717, 1.165) is 23.8 Å². The normalized spacial score (nSPS) is 19.7. The van der Waals surface area contributed by atoms with Crippen LogP contribution in [-0.4, -0.2) is 0 Å². The molecule has 2 aromatic carbocycles. The summed E-state index contributed by atoms with van der Waals surface area (Å²) in [4.78, 5) is 0. The van der Waals surface area contributed by atoms with Gasteiger partial charge in [-0.2, -0.15) is 0 Å². The molecule has 136 valence electrons. The van der Waals surface area contributed by atoms with Gasteiger partial charge in [0.1, 0.15) is 5.82 Å². The Morgan fingerprint density at radius 3 is 2.19 bits per heavy atom. The lowest BCUT2D eigenvalue weighted by Crippen LogP contribution is -2.14. The van der Waals surface area contributed by atoms with Crippen molar-refractivity contribution in [1.82, 2.24) is 0 Å². The molecular formula is C24H26ClF. The SMILES string of the molecule is CCC1CCC(CCc2ccc(C#Cc3ccc(Cl)c(F)c3)cc2)CC1. The van der Waals surface area contributed by atoms with E-state index in [-0.39, 0.29) is 5.02 Å². The van der Waals surface area contributed by atoms with E-state index in [1.807, 2.05) is 0 Å². The molecule has 0 saturated heterocycles. The summed E-state index contributed by atoms with van der Waals surface area (Å²) < 4.78 is 13.4. The van der Waals surface area contributed by atoms with E-state index in [9.17, 15) is 4.39 Å². The summed E-state index contributed by atoms with van der Waals surface area (Å²) in [5.74, 6) is 7.53. The van der Waals surface area contributed by atoms with Crippen LogP contribution in [0.5, 0.6) is 0 Å². The fourth-order valence-corrected chi connectivity index (χ4v) is 3.89. The van der Waals surface area contributed by atoms with Crippen LogP contribution in [0.1, 0.15) is 62.1 Å². The standard InChI is InChI=1S/C24H26ClF/c1-2-18-3-5-19(6-4-18)7-8-20-9-11-21(12-10-20)13-14-22-15-16-23(25)24(26)17-22/h9-12,15-19H,2-8H2,1H3. The zero-order valence-corrected chi connectivity index (χ0v) is 16.2. The van der Waals surface area contributed by atoms with Gasteiger partial charge in [-0.05, 0) is 60.6 Å². The number of hydrogen-bond donors (Lipinski definition) is 0. The molecule has 0 bridgehead atoms.